The molecule has 7 nitrogen and oxygen atoms in total. The Balaban J connectivity index is 1.24. The van der Waals surface area contributed by atoms with Gasteiger partial charge < -0.3 is 19.5 Å². The van der Waals surface area contributed by atoms with Crippen LogP contribution in [-0.4, -0.2) is 74.4 Å². The standard InChI is InChI=1S/C24H31N3O4/c1-2-26(16-21-18-30-22-5-3-4-6-23(22)31-21)17-24(28)25-20-9-7-19(8-10-20)15-27-11-13-29-14-12-27/h3-10,21H,2,11-18H2,1H3,(H,25,28). The average Bonchev–Trinajstić information content (AvgIpc) is 2.80. The Morgan fingerprint density at radius 1 is 1.10 bits per heavy atom. The Morgan fingerprint density at radius 2 is 1.84 bits per heavy atom. The van der Waals surface area contributed by atoms with E-state index in [1.54, 1.807) is 0 Å². The second-order valence-corrected chi connectivity index (χ2v) is 7.96. The normalized spacial score (nSPS) is 18.7. The van der Waals surface area contributed by atoms with Gasteiger partial charge in [-0.3, -0.25) is 14.6 Å². The number of hydrogen-bond acceptors (Lipinski definition) is 6. The van der Waals surface area contributed by atoms with Crippen molar-refractivity contribution in [1.82, 2.24) is 9.80 Å². The minimum atomic E-state index is -0.0953. The summed E-state index contributed by atoms with van der Waals surface area (Å²) in [6.45, 7) is 8.68. The lowest BCUT2D eigenvalue weighted by Crippen LogP contribution is -2.43. The molecule has 1 saturated heterocycles. The summed E-state index contributed by atoms with van der Waals surface area (Å²) < 4.78 is 17.2. The van der Waals surface area contributed by atoms with E-state index in [2.05, 4.69) is 27.2 Å². The first kappa shape index (κ1) is 21.6. The molecule has 2 aliphatic rings. The van der Waals surface area contributed by atoms with Gasteiger partial charge in [-0.15, -0.1) is 0 Å². The highest BCUT2D eigenvalue weighted by molar-refractivity contribution is 5.92. The van der Waals surface area contributed by atoms with E-state index in [1.165, 1.54) is 5.56 Å². The molecule has 7 heteroatoms. The lowest BCUT2D eigenvalue weighted by molar-refractivity contribution is -0.117. The van der Waals surface area contributed by atoms with Crippen LogP contribution in [0.5, 0.6) is 11.5 Å². The Kier molecular flexibility index (Phi) is 7.40. The molecule has 2 aliphatic heterocycles. The number of rotatable bonds is 8. The van der Waals surface area contributed by atoms with Gasteiger partial charge in [0.05, 0.1) is 19.8 Å². The highest BCUT2D eigenvalue weighted by Gasteiger charge is 2.23. The van der Waals surface area contributed by atoms with Crippen molar-refractivity contribution in [3.63, 3.8) is 0 Å². The molecule has 4 rings (SSSR count). The van der Waals surface area contributed by atoms with Crippen LogP contribution in [0.4, 0.5) is 5.69 Å². The first-order valence-electron chi connectivity index (χ1n) is 11.0. The molecule has 1 amide bonds. The summed E-state index contributed by atoms with van der Waals surface area (Å²) in [6, 6.07) is 15.8. The van der Waals surface area contributed by atoms with E-state index in [0.29, 0.717) is 19.7 Å². The van der Waals surface area contributed by atoms with Crippen molar-refractivity contribution < 1.29 is 19.0 Å². The number of carbonyl (C=O) groups excluding carboxylic acids is 1. The number of nitrogens with one attached hydrogen (secondary N) is 1. The van der Waals surface area contributed by atoms with Gasteiger partial charge in [-0.1, -0.05) is 31.2 Å². The van der Waals surface area contributed by atoms with Crippen LogP contribution in [0, 0.1) is 0 Å². The zero-order valence-corrected chi connectivity index (χ0v) is 18.1. The summed E-state index contributed by atoms with van der Waals surface area (Å²) in [4.78, 5) is 17.0. The number of benzene rings is 2. The maximum atomic E-state index is 12.6. The number of para-hydroxylation sites is 2. The zero-order chi connectivity index (χ0) is 21.5. The third kappa shape index (κ3) is 6.19. The molecule has 0 radical (unpaired) electrons. The van der Waals surface area contributed by atoms with Gasteiger partial charge in [0.1, 0.15) is 12.7 Å². The minimum Gasteiger partial charge on any atom is -0.486 e. The topological polar surface area (TPSA) is 63.3 Å². The van der Waals surface area contributed by atoms with E-state index >= 15 is 0 Å². The molecule has 166 valence electrons. The number of hydrogen-bond donors (Lipinski definition) is 1. The van der Waals surface area contributed by atoms with Crippen LogP contribution in [-0.2, 0) is 16.1 Å². The van der Waals surface area contributed by atoms with Crippen LogP contribution in [0.25, 0.3) is 0 Å². The van der Waals surface area contributed by atoms with Crippen molar-refractivity contribution in [3.05, 3.63) is 54.1 Å². The number of morpholine rings is 1. The SMILES string of the molecule is CCN(CC(=O)Nc1ccc(CN2CCOCC2)cc1)CC1COc2ccccc2O1. The maximum Gasteiger partial charge on any atom is 0.238 e. The number of amides is 1. The van der Waals surface area contributed by atoms with E-state index in [1.807, 2.05) is 43.3 Å². The van der Waals surface area contributed by atoms with E-state index in [9.17, 15) is 4.79 Å². The smallest absolute Gasteiger partial charge is 0.238 e. The first-order chi connectivity index (χ1) is 15.2. The summed E-state index contributed by atoms with van der Waals surface area (Å²) in [6.07, 6.45) is -0.0953. The van der Waals surface area contributed by atoms with Gasteiger partial charge in [0.25, 0.3) is 0 Å². The highest BCUT2D eigenvalue weighted by atomic mass is 16.6. The van der Waals surface area contributed by atoms with Crippen molar-refractivity contribution >= 4 is 11.6 Å². The second kappa shape index (κ2) is 10.6. The molecule has 1 unspecified atom stereocenters. The van der Waals surface area contributed by atoms with Crippen LogP contribution in [0.2, 0.25) is 0 Å². The number of fused-ring (bicyclic) bond motifs is 1. The monoisotopic (exact) mass is 425 g/mol. The number of likely N-dealkylation sites (N-methyl/N-ethyl adjacent to an activating group) is 1. The molecule has 2 heterocycles. The fourth-order valence-corrected chi connectivity index (χ4v) is 3.86. The third-order valence-corrected chi connectivity index (χ3v) is 5.59. The van der Waals surface area contributed by atoms with Gasteiger partial charge in [-0.2, -0.15) is 0 Å². The van der Waals surface area contributed by atoms with Gasteiger partial charge in [-0.25, -0.2) is 0 Å². The van der Waals surface area contributed by atoms with Gasteiger partial charge in [-0.05, 0) is 36.4 Å². The molecule has 0 spiro atoms. The van der Waals surface area contributed by atoms with Crippen molar-refractivity contribution in [2.75, 3.05) is 57.9 Å². The van der Waals surface area contributed by atoms with Crippen LogP contribution < -0.4 is 14.8 Å². The largest absolute Gasteiger partial charge is 0.486 e. The molecule has 2 aromatic carbocycles. The predicted molar refractivity (Wildman–Crippen MR) is 120 cm³/mol. The Bertz CT molecular complexity index is 852. The summed E-state index contributed by atoms with van der Waals surface area (Å²) >= 11 is 0. The Labute approximate surface area is 183 Å². The molecule has 2 aromatic rings. The molecule has 0 saturated carbocycles. The molecule has 0 aliphatic carbocycles. The van der Waals surface area contributed by atoms with Crippen molar-refractivity contribution in [3.8, 4) is 11.5 Å². The Morgan fingerprint density at radius 3 is 2.58 bits per heavy atom. The molecule has 0 aromatic heterocycles. The second-order valence-electron chi connectivity index (χ2n) is 7.96. The van der Waals surface area contributed by atoms with E-state index in [-0.39, 0.29) is 12.0 Å². The quantitative estimate of drug-likeness (QED) is 0.702. The first-order valence-corrected chi connectivity index (χ1v) is 11.0. The molecule has 1 fully saturated rings. The summed E-state index contributed by atoms with van der Waals surface area (Å²) in [5.41, 5.74) is 2.06. The number of carbonyl (C=O) groups is 1. The molecule has 31 heavy (non-hydrogen) atoms. The zero-order valence-electron chi connectivity index (χ0n) is 18.1. The van der Waals surface area contributed by atoms with Gasteiger partial charge in [0.15, 0.2) is 11.5 Å². The fourth-order valence-electron chi connectivity index (χ4n) is 3.86. The number of nitrogens with zero attached hydrogens (tertiary/aromatic N) is 2. The Hall–Kier alpha value is -2.61. The van der Waals surface area contributed by atoms with Crippen LogP contribution in [0.15, 0.2) is 48.5 Å². The van der Waals surface area contributed by atoms with Gasteiger partial charge in [0.2, 0.25) is 5.91 Å². The lowest BCUT2D eigenvalue weighted by Gasteiger charge is -2.30. The third-order valence-electron chi connectivity index (χ3n) is 5.59. The van der Waals surface area contributed by atoms with E-state index in [4.69, 9.17) is 14.2 Å². The maximum absolute atomic E-state index is 12.6. The molecule has 0 bridgehead atoms. The van der Waals surface area contributed by atoms with Gasteiger partial charge >= 0.3 is 0 Å². The van der Waals surface area contributed by atoms with Crippen LogP contribution >= 0.6 is 0 Å². The van der Waals surface area contributed by atoms with E-state index < -0.39 is 0 Å². The summed E-state index contributed by atoms with van der Waals surface area (Å²) in [5.74, 6) is 1.51. The van der Waals surface area contributed by atoms with Crippen LogP contribution in [0.3, 0.4) is 0 Å². The summed E-state index contributed by atoms with van der Waals surface area (Å²) in [7, 11) is 0. The van der Waals surface area contributed by atoms with E-state index in [0.717, 1.165) is 56.6 Å². The lowest BCUT2D eigenvalue weighted by atomic mass is 10.2. The van der Waals surface area contributed by atoms with Crippen molar-refractivity contribution in [2.45, 2.75) is 19.6 Å². The number of anilines is 1. The van der Waals surface area contributed by atoms with Gasteiger partial charge in [0, 0.05) is 31.9 Å². The summed E-state index contributed by atoms with van der Waals surface area (Å²) in [5, 5.41) is 3.00. The average molecular weight is 426 g/mol. The van der Waals surface area contributed by atoms with Crippen molar-refractivity contribution in [1.29, 1.82) is 0 Å². The van der Waals surface area contributed by atoms with Crippen molar-refractivity contribution in [2.24, 2.45) is 0 Å². The minimum absolute atomic E-state index is 0.0279. The highest BCUT2D eigenvalue weighted by Crippen LogP contribution is 2.31. The molecule has 1 atom stereocenters. The fraction of sp³-hybridized carbons (Fsp3) is 0.458. The van der Waals surface area contributed by atoms with Crippen LogP contribution in [0.1, 0.15) is 12.5 Å². The molecular formula is C24H31N3O4. The number of ether oxygens (including phenoxy) is 3. The molecular weight excluding hydrogens is 394 g/mol. The predicted octanol–water partition coefficient (Wildman–Crippen LogP) is 2.62. The molecule has 1 N–H and O–H groups in total.